The Morgan fingerprint density at radius 3 is 2.56 bits per heavy atom. The lowest BCUT2D eigenvalue weighted by atomic mass is 10.2. The van der Waals surface area contributed by atoms with E-state index < -0.39 is 0 Å². The van der Waals surface area contributed by atoms with Crippen LogP contribution in [0.3, 0.4) is 0 Å². The lowest BCUT2D eigenvalue weighted by Crippen LogP contribution is -1.89. The SMILES string of the molecule is Oc1cnc2ncc(-c3ccccc3)n2c1. The number of hydrogen-bond acceptors (Lipinski definition) is 3. The molecule has 0 fully saturated rings. The summed E-state index contributed by atoms with van der Waals surface area (Å²) in [4.78, 5) is 8.21. The second-order valence-corrected chi connectivity index (χ2v) is 3.49. The van der Waals surface area contributed by atoms with Gasteiger partial charge in [-0.25, -0.2) is 9.97 Å². The molecule has 0 radical (unpaired) electrons. The van der Waals surface area contributed by atoms with Gasteiger partial charge in [0.1, 0.15) is 0 Å². The number of rotatable bonds is 1. The first-order valence-electron chi connectivity index (χ1n) is 4.92. The normalized spacial score (nSPS) is 10.8. The van der Waals surface area contributed by atoms with Crippen LogP contribution in [-0.4, -0.2) is 19.5 Å². The summed E-state index contributed by atoms with van der Waals surface area (Å²) in [5.41, 5.74) is 1.96. The molecule has 0 atom stereocenters. The van der Waals surface area contributed by atoms with E-state index in [2.05, 4.69) is 9.97 Å². The predicted molar refractivity (Wildman–Crippen MR) is 60.1 cm³/mol. The molecule has 3 aromatic rings. The fraction of sp³-hybridized carbons (Fsp3) is 0. The Balaban J connectivity index is 2.29. The monoisotopic (exact) mass is 211 g/mol. The van der Waals surface area contributed by atoms with Crippen molar-refractivity contribution < 1.29 is 5.11 Å². The highest BCUT2D eigenvalue weighted by atomic mass is 16.3. The van der Waals surface area contributed by atoms with E-state index in [-0.39, 0.29) is 5.75 Å². The Morgan fingerprint density at radius 2 is 1.75 bits per heavy atom. The number of fused-ring (bicyclic) bond motifs is 1. The molecule has 4 nitrogen and oxygen atoms in total. The van der Waals surface area contributed by atoms with Gasteiger partial charge in [-0.05, 0) is 0 Å². The molecule has 16 heavy (non-hydrogen) atoms. The molecule has 1 aromatic carbocycles. The van der Waals surface area contributed by atoms with Crippen molar-refractivity contribution in [2.45, 2.75) is 0 Å². The molecule has 3 rings (SSSR count). The van der Waals surface area contributed by atoms with Gasteiger partial charge in [0.2, 0.25) is 5.78 Å². The molecule has 0 unspecified atom stereocenters. The first-order valence-corrected chi connectivity index (χ1v) is 4.92. The maximum absolute atomic E-state index is 9.41. The lowest BCUT2D eigenvalue weighted by molar-refractivity contribution is 0.469. The molecular formula is C12H9N3O. The average molecular weight is 211 g/mol. The Bertz CT molecular complexity index is 631. The van der Waals surface area contributed by atoms with Crippen LogP contribution < -0.4 is 0 Å². The second-order valence-electron chi connectivity index (χ2n) is 3.49. The molecule has 0 amide bonds. The fourth-order valence-corrected chi connectivity index (χ4v) is 1.69. The third-order valence-corrected chi connectivity index (χ3v) is 2.42. The predicted octanol–water partition coefficient (Wildman–Crippen LogP) is 2.10. The van der Waals surface area contributed by atoms with Crippen molar-refractivity contribution in [3.05, 3.63) is 48.9 Å². The number of aromatic nitrogens is 3. The van der Waals surface area contributed by atoms with Crippen LogP contribution in [0.1, 0.15) is 0 Å². The Labute approximate surface area is 91.8 Å². The molecule has 2 heterocycles. The van der Waals surface area contributed by atoms with Crippen molar-refractivity contribution in [2.24, 2.45) is 0 Å². The number of hydrogen-bond donors (Lipinski definition) is 1. The van der Waals surface area contributed by atoms with Gasteiger partial charge in [0.05, 0.1) is 24.3 Å². The zero-order valence-corrected chi connectivity index (χ0v) is 8.41. The topological polar surface area (TPSA) is 50.4 Å². The van der Waals surface area contributed by atoms with E-state index in [1.807, 2.05) is 30.3 Å². The lowest BCUT2D eigenvalue weighted by Gasteiger charge is -2.01. The van der Waals surface area contributed by atoms with Gasteiger partial charge in [0.15, 0.2) is 5.75 Å². The van der Waals surface area contributed by atoms with E-state index in [0.29, 0.717) is 5.78 Å². The van der Waals surface area contributed by atoms with Crippen LogP contribution in [0.15, 0.2) is 48.9 Å². The molecular weight excluding hydrogens is 202 g/mol. The van der Waals surface area contributed by atoms with Crippen molar-refractivity contribution in [2.75, 3.05) is 0 Å². The minimum atomic E-state index is 0.127. The van der Waals surface area contributed by atoms with Crippen LogP contribution in [0.2, 0.25) is 0 Å². The van der Waals surface area contributed by atoms with E-state index in [9.17, 15) is 5.11 Å². The third-order valence-electron chi connectivity index (χ3n) is 2.42. The Kier molecular flexibility index (Phi) is 1.86. The Hall–Kier alpha value is -2.36. The zero-order chi connectivity index (χ0) is 11.0. The highest BCUT2D eigenvalue weighted by Gasteiger charge is 2.06. The second kappa shape index (κ2) is 3.34. The van der Waals surface area contributed by atoms with Gasteiger partial charge in [-0.15, -0.1) is 0 Å². The molecule has 0 spiro atoms. The first-order chi connectivity index (χ1) is 7.84. The number of aromatic hydroxyl groups is 1. The molecule has 78 valence electrons. The number of imidazole rings is 1. The smallest absolute Gasteiger partial charge is 0.234 e. The van der Waals surface area contributed by atoms with Crippen LogP contribution >= 0.6 is 0 Å². The summed E-state index contributed by atoms with van der Waals surface area (Å²) >= 11 is 0. The molecule has 0 bridgehead atoms. The summed E-state index contributed by atoms with van der Waals surface area (Å²) in [6.45, 7) is 0. The van der Waals surface area contributed by atoms with E-state index >= 15 is 0 Å². The zero-order valence-electron chi connectivity index (χ0n) is 8.41. The third kappa shape index (κ3) is 1.32. The minimum absolute atomic E-state index is 0.127. The van der Waals surface area contributed by atoms with Gasteiger partial charge in [-0.2, -0.15) is 0 Å². The molecule has 0 aliphatic heterocycles. The molecule has 1 N–H and O–H groups in total. The maximum Gasteiger partial charge on any atom is 0.234 e. The van der Waals surface area contributed by atoms with Crippen molar-refractivity contribution >= 4 is 5.78 Å². The first kappa shape index (κ1) is 8.91. The van der Waals surface area contributed by atoms with Gasteiger partial charge in [-0.1, -0.05) is 30.3 Å². The van der Waals surface area contributed by atoms with E-state index in [4.69, 9.17) is 0 Å². The van der Waals surface area contributed by atoms with Crippen molar-refractivity contribution in [1.29, 1.82) is 0 Å². The summed E-state index contributed by atoms with van der Waals surface area (Å²) in [6, 6.07) is 9.87. The molecule has 4 heteroatoms. The molecule has 2 aromatic heterocycles. The van der Waals surface area contributed by atoms with Crippen LogP contribution in [0.5, 0.6) is 5.75 Å². The molecule has 0 saturated carbocycles. The summed E-state index contributed by atoms with van der Waals surface area (Å²) in [7, 11) is 0. The van der Waals surface area contributed by atoms with Gasteiger partial charge in [0.25, 0.3) is 0 Å². The average Bonchev–Trinajstić information content (AvgIpc) is 2.73. The summed E-state index contributed by atoms with van der Waals surface area (Å²) in [5, 5.41) is 9.41. The van der Waals surface area contributed by atoms with Gasteiger partial charge in [0, 0.05) is 5.56 Å². The van der Waals surface area contributed by atoms with Gasteiger partial charge >= 0.3 is 0 Å². The largest absolute Gasteiger partial charge is 0.505 e. The highest BCUT2D eigenvalue weighted by Crippen LogP contribution is 2.20. The van der Waals surface area contributed by atoms with Crippen LogP contribution in [-0.2, 0) is 0 Å². The van der Waals surface area contributed by atoms with Crippen molar-refractivity contribution in [3.63, 3.8) is 0 Å². The number of nitrogens with zero attached hydrogens (tertiary/aromatic N) is 3. The van der Waals surface area contributed by atoms with Crippen LogP contribution in [0.25, 0.3) is 17.0 Å². The molecule has 0 aliphatic carbocycles. The quantitative estimate of drug-likeness (QED) is 0.670. The molecule has 0 aliphatic rings. The van der Waals surface area contributed by atoms with E-state index in [0.717, 1.165) is 11.3 Å². The van der Waals surface area contributed by atoms with Gasteiger partial charge < -0.3 is 5.11 Å². The Morgan fingerprint density at radius 1 is 1.00 bits per heavy atom. The van der Waals surface area contributed by atoms with E-state index in [1.54, 1.807) is 16.8 Å². The fourth-order valence-electron chi connectivity index (χ4n) is 1.69. The highest BCUT2D eigenvalue weighted by molar-refractivity contribution is 5.62. The standard InChI is InChI=1S/C12H9N3O/c16-10-6-13-12-14-7-11(15(12)8-10)9-4-2-1-3-5-9/h1-8,16H. The summed E-state index contributed by atoms with van der Waals surface area (Å²) in [5.74, 6) is 0.708. The van der Waals surface area contributed by atoms with E-state index in [1.165, 1.54) is 6.20 Å². The van der Waals surface area contributed by atoms with Crippen molar-refractivity contribution in [3.8, 4) is 17.0 Å². The minimum Gasteiger partial charge on any atom is -0.505 e. The van der Waals surface area contributed by atoms with Gasteiger partial charge in [-0.3, -0.25) is 4.40 Å². The summed E-state index contributed by atoms with van der Waals surface area (Å²) in [6.07, 6.45) is 4.74. The maximum atomic E-state index is 9.41. The molecule has 0 saturated heterocycles. The van der Waals surface area contributed by atoms with Crippen LogP contribution in [0.4, 0.5) is 0 Å². The number of benzene rings is 1. The van der Waals surface area contributed by atoms with Crippen molar-refractivity contribution in [1.82, 2.24) is 14.4 Å². The van der Waals surface area contributed by atoms with Crippen LogP contribution in [0, 0.1) is 0 Å². The summed E-state index contributed by atoms with van der Waals surface area (Å²) < 4.78 is 1.77.